The Labute approximate surface area is 134 Å². The summed E-state index contributed by atoms with van der Waals surface area (Å²) in [6.07, 6.45) is 1.03. The summed E-state index contributed by atoms with van der Waals surface area (Å²) >= 11 is 0. The van der Waals surface area contributed by atoms with Crippen LogP contribution < -0.4 is 5.32 Å². The maximum absolute atomic E-state index is 13.5. The molecule has 0 aliphatic heterocycles. The van der Waals surface area contributed by atoms with Gasteiger partial charge in [-0.05, 0) is 17.7 Å². The zero-order chi connectivity index (χ0) is 16.9. The molecule has 0 atom stereocenters. The van der Waals surface area contributed by atoms with Gasteiger partial charge in [-0.2, -0.15) is 4.31 Å². The first-order chi connectivity index (χ1) is 10.9. The summed E-state index contributed by atoms with van der Waals surface area (Å²) in [6, 6.07) is 14.6. The highest BCUT2D eigenvalue weighted by Crippen LogP contribution is 2.13. The van der Waals surface area contributed by atoms with Crippen LogP contribution in [0.15, 0.2) is 54.6 Å². The number of nitrogens with one attached hydrogen (secondary N) is 1. The molecule has 0 unspecified atom stereocenters. The number of anilines is 1. The average molecular weight is 336 g/mol. The standard InChI is InChI=1S/C16H17FN2O3S/c1-23(21,22)19(11-13-7-3-2-4-8-13)12-16(20)18-15-10-6-5-9-14(15)17/h2-10H,11-12H2,1H3,(H,18,20). The molecule has 0 aliphatic carbocycles. The van der Waals surface area contributed by atoms with Crippen LogP contribution >= 0.6 is 0 Å². The molecule has 23 heavy (non-hydrogen) atoms. The molecular weight excluding hydrogens is 319 g/mol. The van der Waals surface area contributed by atoms with E-state index in [1.807, 2.05) is 6.07 Å². The fourth-order valence-corrected chi connectivity index (χ4v) is 2.73. The molecule has 1 amide bonds. The van der Waals surface area contributed by atoms with Crippen LogP contribution in [-0.2, 0) is 21.4 Å². The maximum Gasteiger partial charge on any atom is 0.239 e. The number of carbonyl (C=O) groups is 1. The number of amides is 1. The van der Waals surface area contributed by atoms with E-state index in [4.69, 9.17) is 0 Å². The second-order valence-corrected chi connectivity index (χ2v) is 7.03. The van der Waals surface area contributed by atoms with Gasteiger partial charge in [-0.15, -0.1) is 0 Å². The number of halogens is 1. The Hall–Kier alpha value is -2.25. The van der Waals surface area contributed by atoms with Gasteiger partial charge in [-0.1, -0.05) is 42.5 Å². The normalized spacial score (nSPS) is 11.4. The lowest BCUT2D eigenvalue weighted by atomic mass is 10.2. The number of hydrogen-bond donors (Lipinski definition) is 1. The lowest BCUT2D eigenvalue weighted by Gasteiger charge is -2.19. The minimum absolute atomic E-state index is 0.0191. The molecule has 2 rings (SSSR count). The second-order valence-electron chi connectivity index (χ2n) is 5.04. The van der Waals surface area contributed by atoms with Crippen molar-refractivity contribution < 1.29 is 17.6 Å². The molecule has 2 aromatic rings. The molecule has 0 aliphatic rings. The Morgan fingerprint density at radius 2 is 1.70 bits per heavy atom. The van der Waals surface area contributed by atoms with Crippen LogP contribution in [-0.4, -0.2) is 31.4 Å². The molecule has 0 fully saturated rings. The largest absolute Gasteiger partial charge is 0.322 e. The molecule has 0 spiro atoms. The Morgan fingerprint density at radius 3 is 2.30 bits per heavy atom. The van der Waals surface area contributed by atoms with Crippen LogP contribution in [0.2, 0.25) is 0 Å². The van der Waals surface area contributed by atoms with Crippen molar-refractivity contribution in [3.63, 3.8) is 0 Å². The third kappa shape index (κ3) is 5.15. The summed E-state index contributed by atoms with van der Waals surface area (Å²) in [4.78, 5) is 12.0. The van der Waals surface area contributed by atoms with E-state index in [1.54, 1.807) is 30.3 Å². The van der Waals surface area contributed by atoms with Gasteiger partial charge in [-0.25, -0.2) is 12.8 Å². The van der Waals surface area contributed by atoms with Crippen LogP contribution in [0.25, 0.3) is 0 Å². The summed E-state index contributed by atoms with van der Waals surface area (Å²) in [5.74, 6) is -1.17. The molecule has 0 bridgehead atoms. The van der Waals surface area contributed by atoms with Gasteiger partial charge in [-0.3, -0.25) is 4.79 Å². The lowest BCUT2D eigenvalue weighted by molar-refractivity contribution is -0.116. The molecule has 0 heterocycles. The Morgan fingerprint density at radius 1 is 1.09 bits per heavy atom. The van der Waals surface area contributed by atoms with E-state index in [2.05, 4.69) is 5.32 Å². The van der Waals surface area contributed by atoms with Crippen molar-refractivity contribution in [3.8, 4) is 0 Å². The molecule has 5 nitrogen and oxygen atoms in total. The van der Waals surface area contributed by atoms with Crippen LogP contribution in [0.3, 0.4) is 0 Å². The highest BCUT2D eigenvalue weighted by molar-refractivity contribution is 7.88. The van der Waals surface area contributed by atoms with Crippen molar-refractivity contribution in [3.05, 3.63) is 66.0 Å². The number of carbonyl (C=O) groups excluding carboxylic acids is 1. The molecule has 0 aromatic heterocycles. The van der Waals surface area contributed by atoms with Gasteiger partial charge in [0.25, 0.3) is 0 Å². The number of para-hydroxylation sites is 1. The first-order valence-electron chi connectivity index (χ1n) is 6.89. The average Bonchev–Trinajstić information content (AvgIpc) is 2.49. The van der Waals surface area contributed by atoms with Gasteiger partial charge in [0.15, 0.2) is 0 Å². The predicted molar refractivity (Wildman–Crippen MR) is 86.7 cm³/mol. The van der Waals surface area contributed by atoms with E-state index in [-0.39, 0.29) is 18.8 Å². The fraction of sp³-hybridized carbons (Fsp3) is 0.188. The highest BCUT2D eigenvalue weighted by atomic mass is 32.2. The third-order valence-electron chi connectivity index (χ3n) is 3.14. The van der Waals surface area contributed by atoms with Gasteiger partial charge < -0.3 is 5.32 Å². The van der Waals surface area contributed by atoms with Crippen LogP contribution in [0.1, 0.15) is 5.56 Å². The minimum Gasteiger partial charge on any atom is -0.322 e. The van der Waals surface area contributed by atoms with Gasteiger partial charge in [0.05, 0.1) is 18.5 Å². The van der Waals surface area contributed by atoms with Gasteiger partial charge in [0.1, 0.15) is 5.82 Å². The molecule has 1 N–H and O–H groups in total. The van der Waals surface area contributed by atoms with Gasteiger partial charge in [0.2, 0.25) is 15.9 Å². The predicted octanol–water partition coefficient (Wildman–Crippen LogP) is 2.23. The second kappa shape index (κ2) is 7.34. The van der Waals surface area contributed by atoms with Gasteiger partial charge >= 0.3 is 0 Å². The summed E-state index contributed by atoms with van der Waals surface area (Å²) in [5.41, 5.74) is 0.780. The molecule has 0 saturated carbocycles. The van der Waals surface area contributed by atoms with Crippen molar-refractivity contribution in [1.29, 1.82) is 0 Å². The molecular formula is C16H17FN2O3S. The number of hydrogen-bond acceptors (Lipinski definition) is 3. The van der Waals surface area contributed by atoms with E-state index in [1.165, 1.54) is 18.2 Å². The van der Waals surface area contributed by atoms with Crippen molar-refractivity contribution in [2.45, 2.75) is 6.54 Å². The lowest BCUT2D eigenvalue weighted by Crippen LogP contribution is -2.37. The number of rotatable bonds is 6. The van der Waals surface area contributed by atoms with Crippen LogP contribution in [0.4, 0.5) is 10.1 Å². The fourth-order valence-electron chi connectivity index (χ4n) is 1.99. The van der Waals surface area contributed by atoms with E-state index in [0.29, 0.717) is 0 Å². The minimum atomic E-state index is -3.58. The Balaban J connectivity index is 2.09. The Kier molecular flexibility index (Phi) is 5.46. The highest BCUT2D eigenvalue weighted by Gasteiger charge is 2.21. The maximum atomic E-state index is 13.5. The van der Waals surface area contributed by atoms with Crippen molar-refractivity contribution >= 4 is 21.6 Å². The van der Waals surface area contributed by atoms with Crippen molar-refractivity contribution in [2.24, 2.45) is 0 Å². The summed E-state index contributed by atoms with van der Waals surface area (Å²) in [5, 5.41) is 2.38. The first-order valence-corrected chi connectivity index (χ1v) is 8.74. The first kappa shape index (κ1) is 17.1. The van der Waals surface area contributed by atoms with Crippen LogP contribution in [0, 0.1) is 5.82 Å². The molecule has 122 valence electrons. The van der Waals surface area contributed by atoms with E-state index >= 15 is 0 Å². The van der Waals surface area contributed by atoms with E-state index in [0.717, 1.165) is 16.1 Å². The van der Waals surface area contributed by atoms with Gasteiger partial charge in [0, 0.05) is 6.54 Å². The zero-order valence-electron chi connectivity index (χ0n) is 12.6. The van der Waals surface area contributed by atoms with Crippen LogP contribution in [0.5, 0.6) is 0 Å². The molecule has 2 aromatic carbocycles. The molecule has 7 heteroatoms. The van der Waals surface area contributed by atoms with Crippen molar-refractivity contribution in [1.82, 2.24) is 4.31 Å². The number of nitrogens with zero attached hydrogens (tertiary/aromatic N) is 1. The van der Waals surface area contributed by atoms with Crippen molar-refractivity contribution in [2.75, 3.05) is 18.1 Å². The Bertz CT molecular complexity index is 779. The molecule has 0 radical (unpaired) electrons. The zero-order valence-corrected chi connectivity index (χ0v) is 13.4. The quantitative estimate of drug-likeness (QED) is 0.880. The number of benzene rings is 2. The molecule has 0 saturated heterocycles. The monoisotopic (exact) mass is 336 g/mol. The summed E-state index contributed by atoms with van der Waals surface area (Å²) in [6.45, 7) is -0.313. The summed E-state index contributed by atoms with van der Waals surface area (Å²) < 4.78 is 38.3. The van der Waals surface area contributed by atoms with E-state index in [9.17, 15) is 17.6 Å². The third-order valence-corrected chi connectivity index (χ3v) is 4.33. The van der Waals surface area contributed by atoms with E-state index < -0.39 is 21.7 Å². The SMILES string of the molecule is CS(=O)(=O)N(CC(=O)Nc1ccccc1F)Cc1ccccc1. The summed E-state index contributed by atoms with van der Waals surface area (Å²) in [7, 11) is -3.58. The number of sulfonamides is 1. The topological polar surface area (TPSA) is 66.5 Å². The smallest absolute Gasteiger partial charge is 0.239 e.